The van der Waals surface area contributed by atoms with Gasteiger partial charge in [-0.25, -0.2) is 9.18 Å². The van der Waals surface area contributed by atoms with Crippen LogP contribution in [0.25, 0.3) is 6.08 Å². The molecule has 2 aliphatic heterocycles. The van der Waals surface area contributed by atoms with Crippen LogP contribution in [0.2, 0.25) is 5.02 Å². The summed E-state index contributed by atoms with van der Waals surface area (Å²) in [4.78, 5) is 28.7. The van der Waals surface area contributed by atoms with E-state index in [4.69, 9.17) is 17.3 Å². The van der Waals surface area contributed by atoms with Gasteiger partial charge in [-0.1, -0.05) is 23.7 Å². The average molecular weight is 457 g/mol. The second-order valence-corrected chi connectivity index (χ2v) is 8.87. The van der Waals surface area contributed by atoms with Crippen LogP contribution in [0.15, 0.2) is 42.5 Å². The average Bonchev–Trinajstić information content (AvgIpc) is 3.01. The number of nitrogens with one attached hydrogen (secondary N) is 1. The van der Waals surface area contributed by atoms with Gasteiger partial charge in [-0.15, -0.1) is 0 Å². The van der Waals surface area contributed by atoms with Crippen molar-refractivity contribution in [2.45, 2.75) is 38.4 Å². The number of rotatable bonds is 5. The lowest BCUT2D eigenvalue weighted by atomic mass is 10.1. The van der Waals surface area contributed by atoms with E-state index in [9.17, 15) is 14.0 Å². The van der Waals surface area contributed by atoms with Crippen molar-refractivity contribution in [1.82, 2.24) is 9.80 Å². The highest BCUT2D eigenvalue weighted by molar-refractivity contribution is 6.31. The monoisotopic (exact) mass is 456 g/mol. The number of halogens is 2. The second-order valence-electron chi connectivity index (χ2n) is 8.46. The highest BCUT2D eigenvalue weighted by Gasteiger charge is 2.41. The summed E-state index contributed by atoms with van der Waals surface area (Å²) in [5, 5.41) is 3.06. The van der Waals surface area contributed by atoms with Crippen LogP contribution in [0, 0.1) is 12.7 Å². The molecule has 0 aliphatic carbocycles. The normalized spacial score (nSPS) is 20.7. The third-order valence-electron chi connectivity index (χ3n) is 6.13. The third-order valence-corrected chi connectivity index (χ3v) is 6.53. The van der Waals surface area contributed by atoms with Crippen molar-refractivity contribution in [3.63, 3.8) is 0 Å². The lowest BCUT2D eigenvalue weighted by Crippen LogP contribution is -2.55. The Bertz CT molecular complexity index is 1040. The Morgan fingerprint density at radius 1 is 1.19 bits per heavy atom. The van der Waals surface area contributed by atoms with Crippen LogP contribution in [0.3, 0.4) is 0 Å². The first-order chi connectivity index (χ1) is 15.3. The molecule has 0 spiro atoms. The van der Waals surface area contributed by atoms with Crippen LogP contribution in [-0.2, 0) is 11.3 Å². The maximum atomic E-state index is 13.2. The number of primary amides is 1. The number of aryl methyl sites for hydroxylation is 1. The van der Waals surface area contributed by atoms with E-state index in [2.05, 4.69) is 10.2 Å². The topological polar surface area (TPSA) is 78.7 Å². The standard InChI is InChI=1S/C24H26ClFN4O2/c1-15-10-17(22(11-21(15)25)28-24(27)32)4-9-23(31)30-19-7-8-20(30)14-29(13-19)12-16-2-5-18(26)6-3-16/h2-6,9-11,19-20H,7-8,12-14H2,1H3,(H3,27,28,32). The van der Waals surface area contributed by atoms with E-state index in [-0.39, 0.29) is 23.8 Å². The summed E-state index contributed by atoms with van der Waals surface area (Å²) in [7, 11) is 0. The molecule has 2 atom stereocenters. The fourth-order valence-electron chi connectivity index (χ4n) is 4.66. The van der Waals surface area contributed by atoms with Crippen LogP contribution < -0.4 is 11.1 Å². The number of hydrogen-bond acceptors (Lipinski definition) is 3. The highest BCUT2D eigenvalue weighted by atomic mass is 35.5. The van der Waals surface area contributed by atoms with Crippen molar-refractivity contribution in [2.24, 2.45) is 5.73 Å². The summed E-state index contributed by atoms with van der Waals surface area (Å²) in [6, 6.07) is 9.63. The Balaban J connectivity index is 1.45. The molecule has 2 aromatic rings. The number of nitrogens with zero attached hydrogens (tertiary/aromatic N) is 2. The number of amides is 3. The van der Waals surface area contributed by atoms with Crippen LogP contribution in [-0.4, -0.2) is 46.9 Å². The third kappa shape index (κ3) is 4.95. The maximum Gasteiger partial charge on any atom is 0.316 e. The Labute approximate surface area is 191 Å². The van der Waals surface area contributed by atoms with Crippen LogP contribution in [0.5, 0.6) is 0 Å². The van der Waals surface area contributed by atoms with Crippen molar-refractivity contribution in [3.05, 3.63) is 70.0 Å². The number of hydrogen-bond donors (Lipinski definition) is 2. The van der Waals surface area contributed by atoms with E-state index in [0.29, 0.717) is 16.3 Å². The van der Waals surface area contributed by atoms with Crippen molar-refractivity contribution in [1.29, 1.82) is 0 Å². The number of likely N-dealkylation sites (tertiary alicyclic amines) is 1. The molecule has 2 saturated heterocycles. The fourth-order valence-corrected chi connectivity index (χ4v) is 4.82. The SMILES string of the molecule is Cc1cc(C=CC(=O)N2C3CCC2CN(Cc2ccc(F)cc2)C3)c(NC(N)=O)cc1Cl. The van der Waals surface area contributed by atoms with Gasteiger partial charge in [-0.05, 0) is 66.8 Å². The molecule has 8 heteroatoms. The molecule has 2 fully saturated rings. The Hall–Kier alpha value is -2.90. The molecule has 4 rings (SSSR count). The van der Waals surface area contributed by atoms with Gasteiger partial charge < -0.3 is 16.0 Å². The molecule has 2 unspecified atom stereocenters. The summed E-state index contributed by atoms with van der Waals surface area (Å²) in [6.45, 7) is 4.19. The molecule has 168 valence electrons. The zero-order valence-electron chi connectivity index (χ0n) is 17.9. The van der Waals surface area contributed by atoms with E-state index < -0.39 is 6.03 Å². The number of anilines is 1. The predicted octanol–water partition coefficient (Wildman–Crippen LogP) is 4.17. The smallest absolute Gasteiger partial charge is 0.316 e. The first-order valence-corrected chi connectivity index (χ1v) is 11.0. The molecule has 0 saturated carbocycles. The van der Waals surface area contributed by atoms with Gasteiger partial charge >= 0.3 is 6.03 Å². The first-order valence-electron chi connectivity index (χ1n) is 10.6. The molecular weight excluding hydrogens is 431 g/mol. The van der Waals surface area contributed by atoms with Gasteiger partial charge in [0, 0.05) is 42.8 Å². The van der Waals surface area contributed by atoms with Crippen molar-refractivity contribution in [3.8, 4) is 0 Å². The van der Waals surface area contributed by atoms with Crippen molar-refractivity contribution < 1.29 is 14.0 Å². The van der Waals surface area contributed by atoms with Gasteiger partial charge in [-0.3, -0.25) is 9.69 Å². The quantitative estimate of drug-likeness (QED) is 0.663. The molecule has 6 nitrogen and oxygen atoms in total. The van der Waals surface area contributed by atoms with Gasteiger partial charge in [0.2, 0.25) is 5.91 Å². The van der Waals surface area contributed by atoms with E-state index in [1.54, 1.807) is 18.2 Å². The molecule has 2 aliphatic rings. The summed E-state index contributed by atoms with van der Waals surface area (Å²) in [5.41, 5.74) is 8.29. The molecule has 3 amide bonds. The molecule has 3 N–H and O–H groups in total. The Kier molecular flexibility index (Phi) is 6.48. The maximum absolute atomic E-state index is 13.2. The number of carbonyl (C=O) groups is 2. The lowest BCUT2D eigenvalue weighted by Gasteiger charge is -2.40. The van der Waals surface area contributed by atoms with Gasteiger partial charge in [0.25, 0.3) is 0 Å². The van der Waals surface area contributed by atoms with E-state index >= 15 is 0 Å². The minimum atomic E-state index is -0.693. The summed E-state index contributed by atoms with van der Waals surface area (Å²) >= 11 is 6.16. The van der Waals surface area contributed by atoms with Gasteiger partial charge in [0.1, 0.15) is 5.82 Å². The Morgan fingerprint density at radius 2 is 1.84 bits per heavy atom. The van der Waals surface area contributed by atoms with E-state index in [0.717, 1.165) is 43.6 Å². The molecule has 2 aromatic carbocycles. The number of piperazine rings is 1. The van der Waals surface area contributed by atoms with Crippen molar-refractivity contribution >= 4 is 35.3 Å². The zero-order chi connectivity index (χ0) is 22.8. The summed E-state index contributed by atoms with van der Waals surface area (Å²) in [6.07, 6.45) is 5.19. The minimum Gasteiger partial charge on any atom is -0.351 e. The largest absolute Gasteiger partial charge is 0.351 e. The van der Waals surface area contributed by atoms with E-state index in [1.807, 2.05) is 30.0 Å². The molecule has 2 heterocycles. The van der Waals surface area contributed by atoms with Gasteiger partial charge in [-0.2, -0.15) is 0 Å². The predicted molar refractivity (Wildman–Crippen MR) is 124 cm³/mol. The zero-order valence-corrected chi connectivity index (χ0v) is 18.6. The summed E-state index contributed by atoms with van der Waals surface area (Å²) < 4.78 is 13.2. The highest BCUT2D eigenvalue weighted by Crippen LogP contribution is 2.32. The molecule has 0 radical (unpaired) electrons. The first kappa shape index (κ1) is 22.3. The van der Waals surface area contributed by atoms with Crippen molar-refractivity contribution in [2.75, 3.05) is 18.4 Å². The summed E-state index contributed by atoms with van der Waals surface area (Å²) in [5.74, 6) is -0.280. The molecule has 0 aromatic heterocycles. The van der Waals surface area contributed by atoms with E-state index in [1.165, 1.54) is 12.1 Å². The molecular formula is C24H26ClFN4O2. The van der Waals surface area contributed by atoms with Gasteiger partial charge in [0.05, 0.1) is 5.69 Å². The van der Waals surface area contributed by atoms with Crippen LogP contribution in [0.1, 0.15) is 29.5 Å². The number of urea groups is 1. The number of carbonyl (C=O) groups excluding carboxylic acids is 2. The van der Waals surface area contributed by atoms with Crippen LogP contribution in [0.4, 0.5) is 14.9 Å². The minimum absolute atomic E-state index is 0.0449. The molecule has 32 heavy (non-hydrogen) atoms. The Morgan fingerprint density at radius 3 is 2.47 bits per heavy atom. The molecule has 2 bridgehead atoms. The lowest BCUT2D eigenvalue weighted by molar-refractivity contribution is -0.131. The number of nitrogens with two attached hydrogens (primary N) is 1. The number of fused-ring (bicyclic) bond motifs is 2. The van der Waals surface area contributed by atoms with Crippen LogP contribution >= 0.6 is 11.6 Å². The fraction of sp³-hybridized carbons (Fsp3) is 0.333. The van der Waals surface area contributed by atoms with Gasteiger partial charge in [0.15, 0.2) is 0 Å². The second kappa shape index (κ2) is 9.30. The number of benzene rings is 2.